The fourth-order valence-corrected chi connectivity index (χ4v) is 0.321. The Morgan fingerprint density at radius 1 is 1.00 bits per heavy atom. The van der Waals surface area contributed by atoms with Gasteiger partial charge in [0.05, 0.1) is 0 Å². The summed E-state index contributed by atoms with van der Waals surface area (Å²) in [5.74, 6) is 0. The Morgan fingerprint density at radius 3 is 1.67 bits per heavy atom. The van der Waals surface area contributed by atoms with E-state index < -0.39 is 0 Å². The summed E-state index contributed by atoms with van der Waals surface area (Å²) in [6.45, 7) is 0. The van der Waals surface area contributed by atoms with Crippen LogP contribution in [0, 0.1) is 0 Å². The van der Waals surface area contributed by atoms with E-state index in [-0.39, 0.29) is 21.7 Å². The molecule has 0 saturated carbocycles. The molecule has 0 unspecified atom stereocenters. The van der Waals surface area contributed by atoms with E-state index in [4.69, 9.17) is 0 Å². The summed E-state index contributed by atoms with van der Waals surface area (Å²) in [6.07, 6.45) is 0. The average Bonchev–Trinajstić information content (AvgIpc) is 1.76. The summed E-state index contributed by atoms with van der Waals surface area (Å²) in [5, 5.41) is 0. The predicted octanol–water partition coefficient (Wildman–Crippen LogP) is 1.40. The van der Waals surface area contributed by atoms with Crippen LogP contribution < -0.4 is 0 Å². The van der Waals surface area contributed by atoms with Crippen LogP contribution in [0.3, 0.4) is 0 Å². The van der Waals surface area contributed by atoms with E-state index in [0.29, 0.717) is 0 Å². The third kappa shape index (κ3) is 1.49. The molecule has 0 heterocycles. The molecule has 0 nitrogen and oxygen atoms in total. The quantitative estimate of drug-likeness (QED) is 0.352. The molecule has 26 valence electrons. The number of rotatable bonds is 0. The van der Waals surface area contributed by atoms with Crippen molar-refractivity contribution in [3.05, 3.63) is 30.3 Å². The minimum atomic E-state index is 0. The first-order valence-electron chi connectivity index (χ1n) is 1.67. The Morgan fingerprint density at radius 2 is 1.50 bits per heavy atom. The van der Waals surface area contributed by atoms with Crippen LogP contribution in [0.1, 0.15) is 0 Å². The zero-order chi connectivity index (χ0) is 3.54. The van der Waals surface area contributed by atoms with Gasteiger partial charge in [-0.3, -0.25) is 0 Å². The SMILES string of the molecule is [Ti+4].c1cc[cH-]c1. The molecule has 0 spiro atoms. The fourth-order valence-electron chi connectivity index (χ4n) is 0.321. The fraction of sp³-hybridized carbons (Fsp3) is 0. The van der Waals surface area contributed by atoms with Crippen molar-refractivity contribution in [2.24, 2.45) is 0 Å². The van der Waals surface area contributed by atoms with Crippen molar-refractivity contribution in [3.8, 4) is 0 Å². The van der Waals surface area contributed by atoms with E-state index in [1.54, 1.807) is 0 Å². The van der Waals surface area contributed by atoms with Crippen LogP contribution in [-0.2, 0) is 21.7 Å². The Labute approximate surface area is 52.4 Å². The molecule has 0 bridgehead atoms. The molecule has 1 rings (SSSR count). The molecule has 1 heteroatoms. The molecule has 0 fully saturated rings. The molecule has 0 aliphatic carbocycles. The molecule has 1 aromatic rings. The van der Waals surface area contributed by atoms with E-state index >= 15 is 0 Å². The zero-order valence-corrected chi connectivity index (χ0v) is 4.95. The van der Waals surface area contributed by atoms with Gasteiger partial charge in [0.1, 0.15) is 0 Å². The smallest absolute Gasteiger partial charge is 0.214 e. The van der Waals surface area contributed by atoms with Gasteiger partial charge in [0, 0.05) is 0 Å². The molecule has 0 aliphatic rings. The summed E-state index contributed by atoms with van der Waals surface area (Å²) < 4.78 is 0. The summed E-state index contributed by atoms with van der Waals surface area (Å²) in [4.78, 5) is 0. The number of hydrogen-bond acceptors (Lipinski definition) is 0. The molecular formula is C5H5Ti+3. The second-order valence-electron chi connectivity index (χ2n) is 0.962. The van der Waals surface area contributed by atoms with Gasteiger partial charge in [-0.15, -0.1) is 0 Å². The Kier molecular flexibility index (Phi) is 3.30. The first-order valence-corrected chi connectivity index (χ1v) is 1.67. The maximum absolute atomic E-state index is 2.00. The Bertz CT molecular complexity index is 60.4. The van der Waals surface area contributed by atoms with Crippen molar-refractivity contribution in [2.75, 3.05) is 0 Å². The van der Waals surface area contributed by atoms with E-state index in [9.17, 15) is 0 Å². The van der Waals surface area contributed by atoms with E-state index in [2.05, 4.69) is 0 Å². The average molecular weight is 113 g/mol. The summed E-state index contributed by atoms with van der Waals surface area (Å²) in [5.41, 5.74) is 0. The topological polar surface area (TPSA) is 0 Å². The second kappa shape index (κ2) is 3.26. The van der Waals surface area contributed by atoms with E-state index in [0.717, 1.165) is 0 Å². The minimum absolute atomic E-state index is 0. The third-order valence-corrected chi connectivity index (χ3v) is 0.556. The van der Waals surface area contributed by atoms with Gasteiger partial charge in [-0.25, -0.2) is 12.1 Å². The van der Waals surface area contributed by atoms with Crippen LogP contribution in [0.25, 0.3) is 0 Å². The van der Waals surface area contributed by atoms with Crippen molar-refractivity contribution in [1.82, 2.24) is 0 Å². The largest absolute Gasteiger partial charge is 4.00 e. The van der Waals surface area contributed by atoms with Crippen LogP contribution in [0.2, 0.25) is 0 Å². The third-order valence-electron chi connectivity index (χ3n) is 0.556. The Balaban J connectivity index is 0.000000250. The van der Waals surface area contributed by atoms with Crippen molar-refractivity contribution >= 4 is 0 Å². The maximum Gasteiger partial charge on any atom is 4.00 e. The van der Waals surface area contributed by atoms with Gasteiger partial charge in [-0.1, -0.05) is 0 Å². The second-order valence-corrected chi connectivity index (χ2v) is 0.962. The maximum atomic E-state index is 2.00. The van der Waals surface area contributed by atoms with E-state index in [1.165, 1.54) is 0 Å². The molecule has 0 saturated heterocycles. The normalized spacial score (nSPS) is 6.67. The van der Waals surface area contributed by atoms with Crippen molar-refractivity contribution < 1.29 is 21.7 Å². The monoisotopic (exact) mass is 113 g/mol. The van der Waals surface area contributed by atoms with Gasteiger partial charge in [-0.2, -0.15) is 18.2 Å². The van der Waals surface area contributed by atoms with Crippen LogP contribution in [0.15, 0.2) is 30.3 Å². The molecule has 0 N–H and O–H groups in total. The standard InChI is InChI=1S/C5H5.Ti/c1-2-4-5-3-1;/h1-5H;/q-1;+4. The van der Waals surface area contributed by atoms with Crippen molar-refractivity contribution in [3.63, 3.8) is 0 Å². The molecular weight excluding hydrogens is 108 g/mol. The molecule has 6 heavy (non-hydrogen) atoms. The molecule has 1 aromatic carbocycles. The van der Waals surface area contributed by atoms with Crippen LogP contribution >= 0.6 is 0 Å². The van der Waals surface area contributed by atoms with Gasteiger partial charge in [0.2, 0.25) is 0 Å². The van der Waals surface area contributed by atoms with Gasteiger partial charge in [0.15, 0.2) is 0 Å². The molecule has 0 aromatic heterocycles. The first kappa shape index (κ1) is 6.06. The summed E-state index contributed by atoms with van der Waals surface area (Å²) in [7, 11) is 0. The molecule has 0 amide bonds. The first-order chi connectivity index (χ1) is 2.50. The zero-order valence-electron chi connectivity index (χ0n) is 3.39. The van der Waals surface area contributed by atoms with Crippen LogP contribution in [0.4, 0.5) is 0 Å². The summed E-state index contributed by atoms with van der Waals surface area (Å²) in [6, 6.07) is 10.0. The predicted molar refractivity (Wildman–Crippen MR) is 22.0 cm³/mol. The van der Waals surface area contributed by atoms with Crippen molar-refractivity contribution in [1.29, 1.82) is 0 Å². The van der Waals surface area contributed by atoms with Crippen LogP contribution in [-0.4, -0.2) is 0 Å². The minimum Gasteiger partial charge on any atom is -0.214 e. The van der Waals surface area contributed by atoms with Gasteiger partial charge < -0.3 is 0 Å². The van der Waals surface area contributed by atoms with Gasteiger partial charge >= 0.3 is 21.7 Å². The van der Waals surface area contributed by atoms with Gasteiger partial charge in [0.25, 0.3) is 0 Å². The summed E-state index contributed by atoms with van der Waals surface area (Å²) >= 11 is 0. The van der Waals surface area contributed by atoms with E-state index in [1.807, 2.05) is 30.3 Å². The molecule has 0 aliphatic heterocycles. The molecule has 0 radical (unpaired) electrons. The molecule has 0 atom stereocenters. The van der Waals surface area contributed by atoms with Gasteiger partial charge in [-0.05, 0) is 0 Å². The van der Waals surface area contributed by atoms with Crippen molar-refractivity contribution in [2.45, 2.75) is 0 Å². The Hall–Kier alpha value is 0.0643. The van der Waals surface area contributed by atoms with Crippen LogP contribution in [0.5, 0.6) is 0 Å². The number of hydrogen-bond donors (Lipinski definition) is 0.